The normalized spacial score (nSPS) is 17.3. The maximum atomic E-state index is 10.4. The monoisotopic (exact) mass is 222 g/mol. The van der Waals surface area contributed by atoms with Crippen molar-refractivity contribution < 1.29 is 37.4 Å². The van der Waals surface area contributed by atoms with Crippen molar-refractivity contribution in [2.75, 3.05) is 13.9 Å². The first-order valence-corrected chi connectivity index (χ1v) is 5.52. The van der Waals surface area contributed by atoms with Crippen LogP contribution in [0.15, 0.2) is 0 Å². The fraction of sp³-hybridized carbons (Fsp3) is 1.00. The van der Waals surface area contributed by atoms with Gasteiger partial charge in [0.15, 0.2) is 6.79 Å². The Morgan fingerprint density at radius 1 is 1.17 bits per heavy atom. The summed E-state index contributed by atoms with van der Waals surface area (Å²) in [6.45, 7) is -1.02. The summed E-state index contributed by atoms with van der Waals surface area (Å²) in [7, 11) is -8.00. The first-order chi connectivity index (χ1) is 5.27. The molecule has 0 saturated heterocycles. The molecule has 0 aliphatic carbocycles. The van der Waals surface area contributed by atoms with Gasteiger partial charge in [-0.05, 0) is 0 Å². The molecule has 1 atom stereocenters. The van der Waals surface area contributed by atoms with Crippen LogP contribution in [0, 0.1) is 0 Å². The first kappa shape index (κ1) is 12.2. The molecule has 0 aliphatic heterocycles. The molecule has 0 radical (unpaired) electrons. The van der Waals surface area contributed by atoms with Crippen LogP contribution in [0.25, 0.3) is 0 Å². The zero-order valence-electron chi connectivity index (χ0n) is 5.98. The molecule has 0 aromatic heterocycles. The van der Waals surface area contributed by atoms with Gasteiger partial charge in [-0.3, -0.25) is 13.6 Å². The van der Waals surface area contributed by atoms with E-state index in [1.165, 1.54) is 0 Å². The van der Waals surface area contributed by atoms with E-state index >= 15 is 0 Å². The fourth-order valence-electron chi connectivity index (χ4n) is 0.212. The molecule has 0 aromatic rings. The molecule has 0 spiro atoms. The van der Waals surface area contributed by atoms with Crippen LogP contribution in [0.1, 0.15) is 0 Å². The zero-order valence-corrected chi connectivity index (χ0v) is 7.77. The maximum absolute atomic E-state index is 10.4. The average molecular weight is 222 g/mol. The maximum Gasteiger partial charge on any atom is 0.474 e. The third kappa shape index (κ3) is 6.90. The quantitative estimate of drug-likeness (QED) is 0.432. The van der Waals surface area contributed by atoms with Crippen molar-refractivity contribution in [2.24, 2.45) is 0 Å². The molecule has 10 heteroatoms. The molecule has 0 bridgehead atoms. The van der Waals surface area contributed by atoms with Crippen LogP contribution in [0.4, 0.5) is 0 Å². The van der Waals surface area contributed by atoms with Crippen LogP contribution in [0.2, 0.25) is 0 Å². The lowest BCUT2D eigenvalue weighted by Gasteiger charge is -2.09. The smallest absolute Gasteiger partial charge is 0.303 e. The Kier molecular flexibility index (Phi) is 4.54. The molecule has 12 heavy (non-hydrogen) atoms. The Morgan fingerprint density at radius 2 is 1.67 bits per heavy atom. The molecular weight excluding hydrogens is 214 g/mol. The van der Waals surface area contributed by atoms with Gasteiger partial charge >= 0.3 is 15.6 Å². The van der Waals surface area contributed by atoms with Crippen LogP contribution in [-0.4, -0.2) is 28.6 Å². The largest absolute Gasteiger partial charge is 0.474 e. The predicted octanol–water partition coefficient (Wildman–Crippen LogP) is -0.183. The summed E-state index contributed by atoms with van der Waals surface area (Å²) in [5.74, 6) is 0. The summed E-state index contributed by atoms with van der Waals surface area (Å²) >= 11 is 0. The van der Waals surface area contributed by atoms with Crippen LogP contribution < -0.4 is 0 Å². The van der Waals surface area contributed by atoms with Gasteiger partial charge in [0.05, 0.1) is 0 Å². The summed E-state index contributed by atoms with van der Waals surface area (Å²) in [6, 6.07) is 0. The number of hydrogen-bond acceptors (Lipinski definition) is 5. The molecule has 0 aliphatic rings. The fourth-order valence-corrected chi connectivity index (χ4v) is 0.776. The molecule has 1 unspecified atom stereocenters. The molecule has 74 valence electrons. The minimum absolute atomic E-state index is 0.901. The van der Waals surface area contributed by atoms with Crippen molar-refractivity contribution >= 4 is 15.6 Å². The number of hydrogen-bond donors (Lipinski definition) is 3. The van der Waals surface area contributed by atoms with Gasteiger partial charge in [0, 0.05) is 7.11 Å². The van der Waals surface area contributed by atoms with E-state index in [0.717, 1.165) is 7.11 Å². The predicted molar refractivity (Wildman–Crippen MR) is 35.9 cm³/mol. The second kappa shape index (κ2) is 4.45. The van der Waals surface area contributed by atoms with E-state index in [-0.39, 0.29) is 0 Å². The Balaban J connectivity index is 3.72. The Bertz CT molecular complexity index is 217. The lowest BCUT2D eigenvalue weighted by atomic mass is 11.6. The minimum atomic E-state index is -4.68. The average Bonchev–Trinajstić information content (AvgIpc) is 1.84. The molecule has 0 heterocycles. The SMILES string of the molecule is COP(=O)(O)OCOP(=O)(O)O. The van der Waals surface area contributed by atoms with Gasteiger partial charge in [-0.25, -0.2) is 9.13 Å². The van der Waals surface area contributed by atoms with Crippen molar-refractivity contribution in [1.82, 2.24) is 0 Å². The van der Waals surface area contributed by atoms with E-state index in [4.69, 9.17) is 14.7 Å². The lowest BCUT2D eigenvalue weighted by Crippen LogP contribution is -1.97. The number of phosphoric ester groups is 2. The molecular formula is C2H8O8P2. The van der Waals surface area contributed by atoms with Gasteiger partial charge in [-0.2, -0.15) is 0 Å². The van der Waals surface area contributed by atoms with Crippen molar-refractivity contribution in [3.63, 3.8) is 0 Å². The van der Waals surface area contributed by atoms with Gasteiger partial charge in [-0.15, -0.1) is 0 Å². The van der Waals surface area contributed by atoms with Gasteiger partial charge in [0.25, 0.3) is 0 Å². The van der Waals surface area contributed by atoms with Crippen molar-refractivity contribution in [2.45, 2.75) is 0 Å². The van der Waals surface area contributed by atoms with Gasteiger partial charge in [0.1, 0.15) is 0 Å². The highest BCUT2D eigenvalue weighted by molar-refractivity contribution is 7.47. The van der Waals surface area contributed by atoms with Crippen LogP contribution in [0.3, 0.4) is 0 Å². The molecule has 3 N–H and O–H groups in total. The van der Waals surface area contributed by atoms with E-state index in [9.17, 15) is 9.13 Å². The number of phosphoric acid groups is 2. The second-order valence-corrected chi connectivity index (χ2v) is 4.32. The summed E-state index contributed by atoms with van der Waals surface area (Å²) in [5, 5.41) is 0. The minimum Gasteiger partial charge on any atom is -0.303 e. The molecule has 0 saturated carbocycles. The van der Waals surface area contributed by atoms with Gasteiger partial charge in [0.2, 0.25) is 0 Å². The highest BCUT2D eigenvalue weighted by Gasteiger charge is 2.21. The summed E-state index contributed by atoms with van der Waals surface area (Å²) in [4.78, 5) is 24.7. The van der Waals surface area contributed by atoms with Crippen LogP contribution in [-0.2, 0) is 22.7 Å². The molecule has 0 rings (SSSR count). The molecule has 0 aromatic carbocycles. The van der Waals surface area contributed by atoms with E-state index in [1.807, 2.05) is 0 Å². The lowest BCUT2D eigenvalue weighted by molar-refractivity contribution is 0.0527. The summed E-state index contributed by atoms with van der Waals surface area (Å²) < 4.78 is 32.0. The second-order valence-electron chi connectivity index (χ2n) is 1.52. The Morgan fingerprint density at radius 3 is 2.00 bits per heavy atom. The first-order valence-electron chi connectivity index (χ1n) is 2.50. The van der Waals surface area contributed by atoms with Gasteiger partial charge in [-0.1, -0.05) is 0 Å². The zero-order chi connectivity index (χ0) is 9.83. The molecule has 0 fully saturated rings. The van der Waals surface area contributed by atoms with E-state index in [2.05, 4.69) is 13.6 Å². The van der Waals surface area contributed by atoms with Crippen molar-refractivity contribution in [3.05, 3.63) is 0 Å². The van der Waals surface area contributed by atoms with Crippen molar-refractivity contribution in [3.8, 4) is 0 Å². The highest BCUT2D eigenvalue weighted by atomic mass is 31.2. The Hall–Kier alpha value is 0.220. The highest BCUT2D eigenvalue weighted by Crippen LogP contribution is 2.44. The van der Waals surface area contributed by atoms with E-state index in [0.29, 0.717) is 0 Å². The summed E-state index contributed by atoms with van der Waals surface area (Å²) in [5.41, 5.74) is 0. The van der Waals surface area contributed by atoms with E-state index in [1.54, 1.807) is 0 Å². The third-order valence-corrected chi connectivity index (χ3v) is 2.00. The molecule has 8 nitrogen and oxygen atoms in total. The molecule has 0 amide bonds. The number of rotatable bonds is 5. The van der Waals surface area contributed by atoms with Crippen LogP contribution in [0.5, 0.6) is 0 Å². The van der Waals surface area contributed by atoms with Crippen LogP contribution >= 0.6 is 15.6 Å². The summed E-state index contributed by atoms with van der Waals surface area (Å²) in [6.07, 6.45) is 0. The third-order valence-electron chi connectivity index (χ3n) is 0.667. The Labute approximate surface area is 67.9 Å². The standard InChI is InChI=1S/C2H8O8P2/c1-8-12(6,7)10-2-9-11(3,4)5/h2H2,1H3,(H,6,7)(H2,3,4,5). The van der Waals surface area contributed by atoms with Crippen molar-refractivity contribution in [1.29, 1.82) is 0 Å². The topological polar surface area (TPSA) is 123 Å². The van der Waals surface area contributed by atoms with E-state index < -0.39 is 22.4 Å². The van der Waals surface area contributed by atoms with Gasteiger partial charge < -0.3 is 14.7 Å².